The van der Waals surface area contributed by atoms with Gasteiger partial charge in [0.1, 0.15) is 5.15 Å². The minimum Gasteiger partial charge on any atom is -0.233 e. The first-order valence-corrected chi connectivity index (χ1v) is 7.16. The molecule has 19 heavy (non-hydrogen) atoms. The van der Waals surface area contributed by atoms with Crippen LogP contribution in [0.2, 0.25) is 5.15 Å². The molecule has 3 rings (SSSR count). The highest BCUT2D eigenvalue weighted by atomic mass is 35.5. The van der Waals surface area contributed by atoms with Gasteiger partial charge in [-0.15, -0.1) is 0 Å². The fraction of sp³-hybridized carbons (Fsp3) is 0.375. The molecule has 0 N–H and O–H groups in total. The Kier molecular flexibility index (Phi) is 3.28. The third-order valence-electron chi connectivity index (χ3n) is 3.77. The molecule has 0 amide bonds. The second-order valence-electron chi connectivity index (χ2n) is 5.29. The van der Waals surface area contributed by atoms with Gasteiger partial charge in [-0.1, -0.05) is 29.3 Å². The quantitative estimate of drug-likeness (QED) is 0.724. The molecule has 1 aliphatic rings. The van der Waals surface area contributed by atoms with Crippen molar-refractivity contribution in [3.05, 3.63) is 45.7 Å². The summed E-state index contributed by atoms with van der Waals surface area (Å²) in [6, 6.07) is 6.36. The predicted octanol–water partition coefficient (Wildman–Crippen LogP) is 4.29. The van der Waals surface area contributed by atoms with Gasteiger partial charge in [-0.3, -0.25) is 0 Å². The molecule has 0 saturated heterocycles. The van der Waals surface area contributed by atoms with E-state index in [0.29, 0.717) is 5.15 Å². The van der Waals surface area contributed by atoms with Crippen LogP contribution in [0.5, 0.6) is 0 Å². The summed E-state index contributed by atoms with van der Waals surface area (Å²) in [5.41, 5.74) is 5.80. The molecule has 0 fully saturated rings. The van der Waals surface area contributed by atoms with Gasteiger partial charge in [-0.2, -0.15) is 0 Å². The highest BCUT2D eigenvalue weighted by Crippen LogP contribution is 2.29. The van der Waals surface area contributed by atoms with E-state index in [0.717, 1.165) is 35.5 Å². The van der Waals surface area contributed by atoms with Crippen molar-refractivity contribution in [2.24, 2.45) is 0 Å². The minimum atomic E-state index is 0.639. The van der Waals surface area contributed by atoms with E-state index in [1.807, 2.05) is 0 Å². The zero-order valence-corrected chi connectivity index (χ0v) is 12.1. The molecule has 0 bridgehead atoms. The van der Waals surface area contributed by atoms with Crippen molar-refractivity contribution in [3.63, 3.8) is 0 Å². The van der Waals surface area contributed by atoms with Gasteiger partial charge in [0.2, 0.25) is 0 Å². The van der Waals surface area contributed by atoms with Crippen LogP contribution < -0.4 is 0 Å². The molecule has 0 spiro atoms. The van der Waals surface area contributed by atoms with Crippen LogP contribution in [-0.2, 0) is 12.8 Å². The van der Waals surface area contributed by atoms with Crippen LogP contribution in [0.25, 0.3) is 11.4 Å². The van der Waals surface area contributed by atoms with Crippen molar-refractivity contribution >= 4 is 11.6 Å². The Labute approximate surface area is 118 Å². The number of hydrogen-bond acceptors (Lipinski definition) is 2. The molecule has 98 valence electrons. The van der Waals surface area contributed by atoms with Gasteiger partial charge in [-0.25, -0.2) is 9.97 Å². The second-order valence-corrected chi connectivity index (χ2v) is 5.65. The van der Waals surface area contributed by atoms with Crippen LogP contribution in [0.3, 0.4) is 0 Å². The molecule has 0 radical (unpaired) electrons. The second kappa shape index (κ2) is 4.93. The van der Waals surface area contributed by atoms with E-state index in [9.17, 15) is 0 Å². The Hall–Kier alpha value is -1.41. The molecule has 1 aromatic carbocycles. The number of rotatable bonds is 1. The van der Waals surface area contributed by atoms with Crippen LogP contribution in [0, 0.1) is 13.8 Å². The highest BCUT2D eigenvalue weighted by molar-refractivity contribution is 6.30. The lowest BCUT2D eigenvalue weighted by Crippen LogP contribution is -2.09. The van der Waals surface area contributed by atoms with Crippen molar-refractivity contribution in [2.45, 2.75) is 39.5 Å². The average Bonchev–Trinajstić information content (AvgIpc) is 2.41. The summed E-state index contributed by atoms with van der Waals surface area (Å²) in [4.78, 5) is 9.26. The number of hydrogen-bond donors (Lipinski definition) is 0. The third-order valence-corrected chi connectivity index (χ3v) is 4.08. The van der Waals surface area contributed by atoms with E-state index in [1.165, 1.54) is 24.0 Å². The molecular weight excluding hydrogens is 256 g/mol. The standard InChI is InChI=1S/C16H17ClN2/c1-10-7-8-11(2)13(9-10)16-18-14-6-4-3-5-12(14)15(17)19-16/h7-9H,3-6H2,1-2H3. The molecule has 0 aliphatic heterocycles. The summed E-state index contributed by atoms with van der Waals surface area (Å²) < 4.78 is 0. The van der Waals surface area contributed by atoms with Gasteiger partial charge in [-0.05, 0) is 51.2 Å². The van der Waals surface area contributed by atoms with Gasteiger partial charge in [0.05, 0.1) is 0 Å². The van der Waals surface area contributed by atoms with Gasteiger partial charge in [0.25, 0.3) is 0 Å². The zero-order valence-electron chi connectivity index (χ0n) is 11.3. The Morgan fingerprint density at radius 1 is 1.05 bits per heavy atom. The number of benzene rings is 1. The maximum Gasteiger partial charge on any atom is 0.161 e. The van der Waals surface area contributed by atoms with Crippen molar-refractivity contribution in [2.75, 3.05) is 0 Å². The van der Waals surface area contributed by atoms with E-state index < -0.39 is 0 Å². The van der Waals surface area contributed by atoms with Crippen molar-refractivity contribution in [3.8, 4) is 11.4 Å². The molecule has 1 aromatic heterocycles. The minimum absolute atomic E-state index is 0.639. The monoisotopic (exact) mass is 272 g/mol. The van der Waals surface area contributed by atoms with Crippen LogP contribution >= 0.6 is 11.6 Å². The van der Waals surface area contributed by atoms with E-state index in [-0.39, 0.29) is 0 Å². The van der Waals surface area contributed by atoms with E-state index in [1.54, 1.807) is 0 Å². The van der Waals surface area contributed by atoms with Crippen LogP contribution in [-0.4, -0.2) is 9.97 Å². The van der Waals surface area contributed by atoms with Gasteiger partial charge in [0.15, 0.2) is 5.82 Å². The lowest BCUT2D eigenvalue weighted by molar-refractivity contribution is 0.663. The number of aryl methyl sites for hydroxylation is 3. The lowest BCUT2D eigenvalue weighted by atomic mass is 9.97. The fourth-order valence-electron chi connectivity index (χ4n) is 2.65. The van der Waals surface area contributed by atoms with E-state index >= 15 is 0 Å². The molecule has 2 nitrogen and oxygen atoms in total. The van der Waals surface area contributed by atoms with Gasteiger partial charge < -0.3 is 0 Å². The SMILES string of the molecule is Cc1ccc(C)c(-c2nc(Cl)c3c(n2)CCCC3)c1. The number of halogens is 1. The van der Waals surface area contributed by atoms with Crippen LogP contribution in [0.1, 0.15) is 35.2 Å². The predicted molar refractivity (Wildman–Crippen MR) is 78.6 cm³/mol. The first kappa shape index (κ1) is 12.6. The molecule has 0 saturated carbocycles. The highest BCUT2D eigenvalue weighted by Gasteiger charge is 2.17. The maximum atomic E-state index is 6.34. The van der Waals surface area contributed by atoms with Gasteiger partial charge in [0, 0.05) is 16.8 Å². The smallest absolute Gasteiger partial charge is 0.161 e. The Morgan fingerprint density at radius 2 is 1.84 bits per heavy atom. The topological polar surface area (TPSA) is 25.8 Å². The zero-order chi connectivity index (χ0) is 13.4. The summed E-state index contributed by atoms with van der Waals surface area (Å²) in [6.07, 6.45) is 4.43. The van der Waals surface area contributed by atoms with Crippen molar-refractivity contribution in [1.29, 1.82) is 0 Å². The molecule has 2 aromatic rings. The summed E-state index contributed by atoms with van der Waals surface area (Å²) >= 11 is 6.34. The first-order valence-electron chi connectivity index (χ1n) is 6.78. The summed E-state index contributed by atoms with van der Waals surface area (Å²) in [5, 5.41) is 0.639. The average molecular weight is 273 g/mol. The van der Waals surface area contributed by atoms with Crippen molar-refractivity contribution < 1.29 is 0 Å². The van der Waals surface area contributed by atoms with Gasteiger partial charge >= 0.3 is 0 Å². The molecule has 0 unspecified atom stereocenters. The van der Waals surface area contributed by atoms with E-state index in [4.69, 9.17) is 16.6 Å². The summed E-state index contributed by atoms with van der Waals surface area (Å²) in [5.74, 6) is 0.770. The third kappa shape index (κ3) is 2.37. The normalized spacial score (nSPS) is 14.3. The molecular formula is C16H17ClN2. The molecule has 0 atom stereocenters. The number of aromatic nitrogens is 2. The Bertz CT molecular complexity index is 635. The maximum absolute atomic E-state index is 6.34. The summed E-state index contributed by atoms with van der Waals surface area (Å²) in [7, 11) is 0. The lowest BCUT2D eigenvalue weighted by Gasteiger charge is -2.17. The van der Waals surface area contributed by atoms with Crippen LogP contribution in [0.4, 0.5) is 0 Å². The molecule has 1 heterocycles. The van der Waals surface area contributed by atoms with Crippen molar-refractivity contribution in [1.82, 2.24) is 9.97 Å². The summed E-state index contributed by atoms with van der Waals surface area (Å²) in [6.45, 7) is 4.18. The molecule has 3 heteroatoms. The Balaban J connectivity index is 2.15. The number of nitrogens with zero attached hydrogens (tertiary/aromatic N) is 2. The fourth-order valence-corrected chi connectivity index (χ4v) is 2.93. The largest absolute Gasteiger partial charge is 0.233 e. The first-order chi connectivity index (χ1) is 9.15. The van der Waals surface area contributed by atoms with Crippen LogP contribution in [0.15, 0.2) is 18.2 Å². The van der Waals surface area contributed by atoms with E-state index in [2.05, 4.69) is 37.0 Å². The Morgan fingerprint density at radius 3 is 2.68 bits per heavy atom. The molecule has 1 aliphatic carbocycles. The number of fused-ring (bicyclic) bond motifs is 1.